The van der Waals surface area contributed by atoms with E-state index < -0.39 is 12.1 Å². The highest BCUT2D eigenvalue weighted by molar-refractivity contribution is 8.77. The van der Waals surface area contributed by atoms with Gasteiger partial charge in [0.2, 0.25) is 5.91 Å². The fourth-order valence-corrected chi connectivity index (χ4v) is 10.3. The van der Waals surface area contributed by atoms with E-state index in [0.29, 0.717) is 42.8 Å². The van der Waals surface area contributed by atoms with E-state index in [-0.39, 0.29) is 33.8 Å². The number of hydrogen-bond donors (Lipinski definition) is 2. The minimum absolute atomic E-state index is 0.0718. The summed E-state index contributed by atoms with van der Waals surface area (Å²) >= 11 is 0. The lowest BCUT2D eigenvalue weighted by atomic mass is 9.81. The standard InChI is InChI=1S/C47H73N3O5S2/c1-14-38-26-40-31-47(40,10)43(55-45(53)37(8)50(12)44(52)22-21-36(7)57-56-35(6)20-19-34(5)51)25-33(4)49(11)41-27-39(28-42(29-41)54-13)24-32(3)18-16-17-23-46(9,30-38)48-15-2/h15-18,27-29,35-38,40,43,48,51H,2,4-5,14,19-26,30-31H2,1,3,6-13H3/b17-16+,32-18+/t35?,36?,37?,38?,40?,43-,46-,47?/m0/s1. The van der Waals surface area contributed by atoms with Crippen molar-refractivity contribution in [2.45, 2.75) is 147 Å². The molecule has 2 N–H and O–H groups in total. The number of nitrogens with one attached hydrogen (secondary N) is 1. The van der Waals surface area contributed by atoms with Gasteiger partial charge in [0.15, 0.2) is 0 Å². The summed E-state index contributed by atoms with van der Waals surface area (Å²) < 4.78 is 12.3. The van der Waals surface area contributed by atoms with E-state index >= 15 is 0 Å². The van der Waals surface area contributed by atoms with E-state index in [0.717, 1.165) is 67.6 Å². The third-order valence-electron chi connectivity index (χ3n) is 12.2. The number of hydrogen-bond acceptors (Lipinski definition) is 9. The Morgan fingerprint density at radius 1 is 1.12 bits per heavy atom. The summed E-state index contributed by atoms with van der Waals surface area (Å²) in [5.74, 6) is 1.39. The van der Waals surface area contributed by atoms with Crippen LogP contribution in [0.25, 0.3) is 0 Å². The number of carbonyl (C=O) groups is 2. The van der Waals surface area contributed by atoms with Gasteiger partial charge < -0.3 is 29.7 Å². The van der Waals surface area contributed by atoms with Crippen LogP contribution >= 0.6 is 21.6 Å². The van der Waals surface area contributed by atoms with Gasteiger partial charge in [-0.3, -0.25) is 4.79 Å². The molecule has 1 aromatic carbocycles. The van der Waals surface area contributed by atoms with E-state index in [1.165, 1.54) is 5.57 Å². The molecule has 3 rings (SSSR count). The number of aliphatic hydroxyl groups is 1. The van der Waals surface area contributed by atoms with Crippen LogP contribution in [0.5, 0.6) is 5.75 Å². The summed E-state index contributed by atoms with van der Waals surface area (Å²) in [6.45, 7) is 27.1. The molecule has 0 aromatic heterocycles. The van der Waals surface area contributed by atoms with Gasteiger partial charge in [0.25, 0.3) is 0 Å². The Balaban J connectivity index is 1.84. The quantitative estimate of drug-likeness (QED) is 0.0960. The van der Waals surface area contributed by atoms with E-state index in [1.54, 1.807) is 47.6 Å². The second-order valence-corrected chi connectivity index (χ2v) is 20.4. The van der Waals surface area contributed by atoms with Gasteiger partial charge in [-0.05, 0) is 101 Å². The van der Waals surface area contributed by atoms with Gasteiger partial charge in [0, 0.05) is 72.3 Å². The summed E-state index contributed by atoms with van der Waals surface area (Å²) in [6.07, 6.45) is 16.7. The Hall–Kier alpha value is -3.24. The number of esters is 1. The minimum atomic E-state index is -0.732. The molecule has 6 unspecified atom stereocenters. The molecule has 8 atom stereocenters. The molecule has 8 nitrogen and oxygen atoms in total. The summed E-state index contributed by atoms with van der Waals surface area (Å²) in [5.41, 5.74) is 3.82. The number of nitrogens with zero attached hydrogens (tertiary/aromatic N) is 2. The normalized spacial score (nSPS) is 27.4. The molecule has 10 heteroatoms. The molecule has 0 spiro atoms. The molecule has 1 saturated carbocycles. The van der Waals surface area contributed by atoms with Crippen molar-refractivity contribution in [3.63, 3.8) is 0 Å². The number of anilines is 1. The Kier molecular flexibility index (Phi) is 18.8. The molecule has 1 aromatic rings. The van der Waals surface area contributed by atoms with E-state index in [4.69, 9.17) is 9.47 Å². The Morgan fingerprint density at radius 3 is 2.40 bits per heavy atom. The van der Waals surface area contributed by atoms with Crippen LogP contribution in [0.15, 0.2) is 79.4 Å². The van der Waals surface area contributed by atoms with Crippen LogP contribution < -0.4 is 15.0 Å². The van der Waals surface area contributed by atoms with E-state index in [9.17, 15) is 14.7 Å². The van der Waals surface area contributed by atoms with Gasteiger partial charge in [-0.1, -0.05) is 99.2 Å². The number of carbonyl (C=O) groups excluding carboxylic acids is 2. The van der Waals surface area contributed by atoms with Gasteiger partial charge in [0.05, 0.1) is 12.9 Å². The Morgan fingerprint density at radius 2 is 1.79 bits per heavy atom. The first-order chi connectivity index (χ1) is 26.8. The molecule has 0 saturated heterocycles. The summed E-state index contributed by atoms with van der Waals surface area (Å²) in [5, 5.41) is 13.6. The highest BCUT2D eigenvalue weighted by Gasteiger charge is 2.57. The lowest BCUT2D eigenvalue weighted by Gasteiger charge is -2.34. The van der Waals surface area contributed by atoms with Gasteiger partial charge >= 0.3 is 5.97 Å². The number of likely N-dealkylation sites (N-methyl/N-ethyl adjacent to an activating group) is 1. The third kappa shape index (κ3) is 14.8. The zero-order valence-electron chi connectivity index (χ0n) is 36.7. The number of rotatable bonds is 16. The number of amides is 1. The highest BCUT2D eigenvalue weighted by atomic mass is 33.1. The molecule has 1 heterocycles. The van der Waals surface area contributed by atoms with Crippen molar-refractivity contribution in [3.8, 4) is 5.75 Å². The number of benzene rings is 1. The van der Waals surface area contributed by atoms with Gasteiger partial charge in [-0.25, -0.2) is 4.79 Å². The van der Waals surface area contributed by atoms with Gasteiger partial charge in [-0.2, -0.15) is 0 Å². The maximum atomic E-state index is 14.0. The third-order valence-corrected chi connectivity index (χ3v) is 15.7. The van der Waals surface area contributed by atoms with Gasteiger partial charge in [0.1, 0.15) is 17.9 Å². The monoisotopic (exact) mass is 823 g/mol. The summed E-state index contributed by atoms with van der Waals surface area (Å²) in [4.78, 5) is 31.1. The molecule has 1 aliphatic heterocycles. The average molecular weight is 824 g/mol. The van der Waals surface area contributed by atoms with Crippen LogP contribution in [0, 0.1) is 17.3 Å². The zero-order valence-corrected chi connectivity index (χ0v) is 38.3. The predicted octanol–water partition coefficient (Wildman–Crippen LogP) is 11.4. The maximum Gasteiger partial charge on any atom is 0.328 e. The first kappa shape index (κ1) is 48.1. The SMILES string of the molecule is C=CN[C@@]1(C)C/C=C/C=C(\C)Cc2cc(OC)cc(c2)N(C)C(=C)C[C@H](OC(=O)C(C)N(C)C(=O)CCC(C)SSC(C)CCC(=C)O)C2(C)CC2CC(CC)C1. The van der Waals surface area contributed by atoms with Crippen LogP contribution in [-0.4, -0.2) is 71.3 Å². The number of allylic oxidation sites excluding steroid dienone is 4. The van der Waals surface area contributed by atoms with Crippen LogP contribution in [0.3, 0.4) is 0 Å². The van der Waals surface area contributed by atoms with Crippen molar-refractivity contribution in [3.05, 3.63) is 85.0 Å². The lowest BCUT2D eigenvalue weighted by molar-refractivity contribution is -0.161. The van der Waals surface area contributed by atoms with Crippen LogP contribution in [0.2, 0.25) is 0 Å². The second-order valence-electron chi connectivity index (χ2n) is 17.3. The predicted molar refractivity (Wildman–Crippen MR) is 244 cm³/mol. The first-order valence-electron chi connectivity index (χ1n) is 20.8. The molecule has 2 aliphatic rings. The zero-order chi connectivity index (χ0) is 42.5. The highest BCUT2D eigenvalue weighted by Crippen LogP contribution is 2.60. The number of ether oxygens (including phenoxy) is 2. The van der Waals surface area contributed by atoms with Crippen molar-refractivity contribution in [2.24, 2.45) is 17.3 Å². The number of fused-ring (bicyclic) bond motifs is 3. The number of aliphatic hydroxyl groups excluding tert-OH is 1. The minimum Gasteiger partial charge on any atom is -0.513 e. The van der Waals surface area contributed by atoms with Crippen molar-refractivity contribution in [2.75, 3.05) is 26.1 Å². The van der Waals surface area contributed by atoms with E-state index in [2.05, 4.69) is 102 Å². The Labute approximate surface area is 353 Å². The molecule has 2 bridgehead atoms. The van der Waals surface area contributed by atoms with Crippen LogP contribution in [0.4, 0.5) is 5.69 Å². The van der Waals surface area contributed by atoms with Crippen LogP contribution in [0.1, 0.15) is 118 Å². The maximum absolute atomic E-state index is 14.0. The first-order valence-corrected chi connectivity index (χ1v) is 23.1. The topological polar surface area (TPSA) is 91.3 Å². The molecular weight excluding hydrogens is 751 g/mol. The smallest absolute Gasteiger partial charge is 0.328 e. The fourth-order valence-electron chi connectivity index (χ4n) is 7.81. The van der Waals surface area contributed by atoms with Crippen molar-refractivity contribution in [1.29, 1.82) is 0 Å². The van der Waals surface area contributed by atoms with Gasteiger partial charge in [-0.15, -0.1) is 0 Å². The van der Waals surface area contributed by atoms with Crippen molar-refractivity contribution >= 4 is 39.2 Å². The van der Waals surface area contributed by atoms with Crippen molar-refractivity contribution in [1.82, 2.24) is 10.2 Å². The van der Waals surface area contributed by atoms with Crippen molar-refractivity contribution < 1.29 is 24.2 Å². The number of methoxy groups -OCH3 is 1. The molecule has 1 fully saturated rings. The molecule has 318 valence electrons. The van der Waals surface area contributed by atoms with Crippen LogP contribution in [-0.2, 0) is 20.7 Å². The molecule has 1 aliphatic carbocycles. The molecule has 0 radical (unpaired) electrons. The lowest BCUT2D eigenvalue weighted by Crippen LogP contribution is -2.44. The summed E-state index contributed by atoms with van der Waals surface area (Å²) in [6, 6.07) is 5.55. The molecule has 57 heavy (non-hydrogen) atoms. The summed E-state index contributed by atoms with van der Waals surface area (Å²) in [7, 11) is 8.94. The largest absolute Gasteiger partial charge is 0.513 e. The molecule has 1 amide bonds. The molecular formula is C47H73N3O5S2. The second kappa shape index (κ2) is 22.2. The average Bonchev–Trinajstić information content (AvgIpc) is 3.83. The Bertz CT molecular complexity index is 1610. The van der Waals surface area contributed by atoms with E-state index in [1.807, 2.05) is 19.3 Å². The fraction of sp³-hybridized carbons (Fsp3) is 0.617.